The molecule has 0 radical (unpaired) electrons. The maximum absolute atomic E-state index is 13.5. The Labute approximate surface area is 359 Å². The van der Waals surface area contributed by atoms with E-state index in [9.17, 15) is 39.9 Å². The largest absolute Gasteiger partial charge is 0.385 e. The van der Waals surface area contributed by atoms with Crippen LogP contribution in [0.3, 0.4) is 0 Å². The molecule has 2 saturated heterocycles. The van der Waals surface area contributed by atoms with Gasteiger partial charge < -0.3 is 24.1 Å². The molecule has 3 saturated carbocycles. The fourth-order valence-electron chi connectivity index (χ4n) is 10.4. The number of rotatable bonds is 5. The number of aliphatic hydroxyl groups is 1. The lowest BCUT2D eigenvalue weighted by Gasteiger charge is -2.43. The first-order valence-electron chi connectivity index (χ1n) is 21.8. The molecule has 0 bridgehead atoms. The fourth-order valence-corrected chi connectivity index (χ4v) is 10.9. The first-order chi connectivity index (χ1) is 29.5. The van der Waals surface area contributed by atoms with Crippen LogP contribution in [0, 0.1) is 65.5 Å². The van der Waals surface area contributed by atoms with Crippen LogP contribution in [-0.2, 0) is 34.7 Å². The van der Waals surface area contributed by atoms with Gasteiger partial charge in [0.1, 0.15) is 0 Å². The Morgan fingerprint density at radius 1 is 0.581 bits per heavy atom. The van der Waals surface area contributed by atoms with Crippen molar-refractivity contribution in [3.8, 4) is 0 Å². The van der Waals surface area contributed by atoms with Crippen molar-refractivity contribution in [2.24, 2.45) is 23.7 Å². The van der Waals surface area contributed by atoms with Gasteiger partial charge in [-0.3, -0.25) is 4.55 Å². The van der Waals surface area contributed by atoms with Crippen molar-refractivity contribution in [3.05, 3.63) is 106 Å². The second kappa shape index (κ2) is 19.4. The van der Waals surface area contributed by atoms with E-state index in [2.05, 4.69) is 6.08 Å². The molecule has 1 atom stereocenters. The molecule has 8 nitrogen and oxygen atoms in total. The van der Waals surface area contributed by atoms with Crippen LogP contribution in [0.25, 0.3) is 5.57 Å². The summed E-state index contributed by atoms with van der Waals surface area (Å²) in [4.78, 5) is -0.0666. The fraction of sp³-hybridized carbons (Fsp3) is 0.574. The number of aryl methyl sites for hydroxylation is 1. The van der Waals surface area contributed by atoms with Crippen molar-refractivity contribution < 1.29 is 63.4 Å². The Hall–Kier alpha value is -3.31. The number of hydrogen-bond donors (Lipinski definition) is 2. The quantitative estimate of drug-likeness (QED) is 0.148. The van der Waals surface area contributed by atoms with Gasteiger partial charge in [-0.05, 0) is 154 Å². The minimum Gasteiger partial charge on any atom is -0.385 e. The van der Waals surface area contributed by atoms with Gasteiger partial charge >= 0.3 is 0 Å². The summed E-state index contributed by atoms with van der Waals surface area (Å²) in [5.74, 6) is -6.00. The van der Waals surface area contributed by atoms with Crippen LogP contribution >= 0.6 is 0 Å². The van der Waals surface area contributed by atoms with Gasteiger partial charge in [0, 0.05) is 25.7 Å². The van der Waals surface area contributed by atoms with Crippen LogP contribution in [0.5, 0.6) is 0 Å². The zero-order valence-electron chi connectivity index (χ0n) is 35.0. The van der Waals surface area contributed by atoms with Crippen molar-refractivity contribution in [1.29, 1.82) is 0 Å². The molecule has 2 heterocycles. The summed E-state index contributed by atoms with van der Waals surface area (Å²) in [5, 5.41) is 10.9. The molecule has 2 N–H and O–H groups in total. The third-order valence-electron chi connectivity index (χ3n) is 14.0. The van der Waals surface area contributed by atoms with Crippen LogP contribution in [0.4, 0.5) is 26.3 Å². The first kappa shape index (κ1) is 46.7. The SMILES string of the molecule is Cc1ccc(S(=O)(=O)O)cc1.Fc1cc(C2=CCC(C3CCC4(CC3)OCCO4)CC2)cc(F)c1F.OC1(c2cc(F)c(F)c(F)c2)CCC(C2CCC3(CC2)OCCO3)CC1. The second-order valence-corrected chi connectivity index (χ2v) is 19.2. The Kier molecular flexibility index (Phi) is 14.6. The molecule has 0 aromatic heterocycles. The Balaban J connectivity index is 0.000000151. The minimum absolute atomic E-state index is 0.0666. The third-order valence-corrected chi connectivity index (χ3v) is 14.9. The van der Waals surface area contributed by atoms with E-state index in [0.717, 1.165) is 119 Å². The Bertz CT molecular complexity index is 2100. The van der Waals surface area contributed by atoms with E-state index in [0.29, 0.717) is 68.5 Å². The van der Waals surface area contributed by atoms with Crippen LogP contribution in [-0.4, -0.2) is 56.1 Å². The first-order valence-corrected chi connectivity index (χ1v) is 23.2. The van der Waals surface area contributed by atoms with Crippen molar-refractivity contribution in [2.75, 3.05) is 26.4 Å². The number of halogens is 6. The molecular formula is C47H56F6O8S. The molecule has 340 valence electrons. The molecule has 0 amide bonds. The molecular weight excluding hydrogens is 839 g/mol. The molecule has 62 heavy (non-hydrogen) atoms. The van der Waals surface area contributed by atoms with E-state index in [-0.39, 0.29) is 22.0 Å². The van der Waals surface area contributed by atoms with Crippen molar-refractivity contribution >= 4 is 15.7 Å². The number of hydrogen-bond acceptors (Lipinski definition) is 7. The molecule has 4 aliphatic carbocycles. The number of benzene rings is 3. The van der Waals surface area contributed by atoms with E-state index in [1.54, 1.807) is 12.1 Å². The maximum Gasteiger partial charge on any atom is 0.294 e. The van der Waals surface area contributed by atoms with E-state index >= 15 is 0 Å². The smallest absolute Gasteiger partial charge is 0.294 e. The average molecular weight is 895 g/mol. The predicted octanol–water partition coefficient (Wildman–Crippen LogP) is 10.9. The Morgan fingerprint density at radius 2 is 0.984 bits per heavy atom. The minimum atomic E-state index is -4.02. The van der Waals surface area contributed by atoms with Gasteiger partial charge in [-0.2, -0.15) is 8.42 Å². The highest BCUT2D eigenvalue weighted by atomic mass is 32.2. The molecule has 9 rings (SSSR count). The highest BCUT2D eigenvalue weighted by Gasteiger charge is 2.45. The molecule has 3 aromatic rings. The maximum atomic E-state index is 13.5. The summed E-state index contributed by atoms with van der Waals surface area (Å²) in [6.07, 6.45) is 15.3. The van der Waals surface area contributed by atoms with Crippen molar-refractivity contribution in [1.82, 2.24) is 0 Å². The zero-order valence-corrected chi connectivity index (χ0v) is 35.8. The van der Waals surface area contributed by atoms with E-state index < -0.39 is 50.6 Å². The summed E-state index contributed by atoms with van der Waals surface area (Å²) >= 11 is 0. The molecule has 2 spiro atoms. The Morgan fingerprint density at radius 3 is 1.39 bits per heavy atom. The van der Waals surface area contributed by atoms with Gasteiger partial charge in [-0.1, -0.05) is 23.8 Å². The van der Waals surface area contributed by atoms with Gasteiger partial charge in [0.15, 0.2) is 46.5 Å². The van der Waals surface area contributed by atoms with E-state index in [1.807, 2.05) is 6.92 Å². The van der Waals surface area contributed by atoms with Crippen molar-refractivity contribution in [3.63, 3.8) is 0 Å². The van der Waals surface area contributed by atoms with Gasteiger partial charge in [-0.15, -0.1) is 0 Å². The zero-order chi connectivity index (χ0) is 44.3. The van der Waals surface area contributed by atoms with Crippen molar-refractivity contribution in [2.45, 2.75) is 125 Å². The predicted molar refractivity (Wildman–Crippen MR) is 218 cm³/mol. The highest BCUT2D eigenvalue weighted by Crippen LogP contribution is 2.49. The summed E-state index contributed by atoms with van der Waals surface area (Å²) < 4.78 is 133. The lowest BCUT2D eigenvalue weighted by molar-refractivity contribution is -0.186. The molecule has 2 aliphatic heterocycles. The number of allylic oxidation sites excluding steroid dienone is 2. The summed E-state index contributed by atoms with van der Waals surface area (Å²) in [5.41, 5.74) is 1.20. The van der Waals surface area contributed by atoms with Gasteiger partial charge in [-0.25, -0.2) is 26.3 Å². The highest BCUT2D eigenvalue weighted by molar-refractivity contribution is 7.85. The van der Waals surface area contributed by atoms with Crippen LogP contribution in [0.1, 0.15) is 113 Å². The third kappa shape index (κ3) is 11.0. The summed E-state index contributed by atoms with van der Waals surface area (Å²) in [6, 6.07) is 10.0. The summed E-state index contributed by atoms with van der Waals surface area (Å²) in [6.45, 7) is 4.58. The standard InChI is InChI=1S/C20H25F3O3.C20H23F3O2.C7H8O3S/c21-16-11-15(12-17(22)18(16)23)19(24)5-1-13(2-6-19)14-3-7-20(8-4-14)25-9-10-26-20;21-17-11-16(12-18(22)19(17)23)14-3-1-13(2-4-14)15-5-7-20(8-6-15)24-9-10-25-20;1-6-2-4-7(5-3-6)11(8,9)10/h11-14,24H,1-10H2;3,11-13,15H,1-2,4-10H2;2-5H,1H3,(H,8,9,10). The van der Waals surface area contributed by atoms with Gasteiger partial charge in [0.05, 0.1) is 36.9 Å². The second-order valence-electron chi connectivity index (χ2n) is 17.8. The van der Waals surface area contributed by atoms with Crippen LogP contribution in [0.15, 0.2) is 59.5 Å². The molecule has 5 fully saturated rings. The molecule has 1 unspecified atom stereocenters. The lowest BCUT2D eigenvalue weighted by atomic mass is 9.67. The topological polar surface area (TPSA) is 112 Å². The monoisotopic (exact) mass is 894 g/mol. The molecule has 3 aromatic carbocycles. The molecule has 15 heteroatoms. The van der Waals surface area contributed by atoms with E-state index in [4.69, 9.17) is 23.5 Å². The lowest BCUT2D eigenvalue weighted by Crippen LogP contribution is -2.39. The van der Waals surface area contributed by atoms with Gasteiger partial charge in [0.2, 0.25) is 0 Å². The van der Waals surface area contributed by atoms with Crippen LogP contribution < -0.4 is 0 Å². The summed E-state index contributed by atoms with van der Waals surface area (Å²) in [7, 11) is -4.02. The van der Waals surface area contributed by atoms with Gasteiger partial charge in [0.25, 0.3) is 10.1 Å². The average Bonchev–Trinajstić information content (AvgIpc) is 3.92. The van der Waals surface area contributed by atoms with E-state index in [1.165, 1.54) is 12.1 Å². The molecule has 6 aliphatic rings. The van der Waals surface area contributed by atoms with Crippen LogP contribution in [0.2, 0.25) is 0 Å². The normalized spacial score (nSPS) is 27.2. The number of ether oxygens (including phenoxy) is 4.